The highest BCUT2D eigenvalue weighted by Crippen LogP contribution is 2.30. The van der Waals surface area contributed by atoms with E-state index in [1.807, 2.05) is 32.0 Å². The van der Waals surface area contributed by atoms with Crippen molar-refractivity contribution in [3.8, 4) is 11.5 Å². The van der Waals surface area contributed by atoms with Crippen LogP contribution in [0.15, 0.2) is 36.4 Å². The Morgan fingerprint density at radius 1 is 1.06 bits per heavy atom. The fraction of sp³-hybridized carbons (Fsp3) is 0.200. The van der Waals surface area contributed by atoms with E-state index in [0.717, 1.165) is 16.9 Å². The first kappa shape index (κ1) is 12.9. The van der Waals surface area contributed by atoms with Gasteiger partial charge in [0.25, 0.3) is 0 Å². The summed E-state index contributed by atoms with van der Waals surface area (Å²) in [4.78, 5) is 0. The third kappa shape index (κ3) is 2.84. The zero-order valence-electron chi connectivity index (χ0n) is 10.4. The second-order valence-electron chi connectivity index (χ2n) is 4.28. The first-order valence-electron chi connectivity index (χ1n) is 5.74. The predicted molar refractivity (Wildman–Crippen MR) is 73.4 cm³/mol. The topological polar surface area (TPSA) is 29.5 Å². The SMILES string of the molecule is Cc1ccc(C)c(Oc2ccc(Cl)cc2CO)c1. The quantitative estimate of drug-likeness (QED) is 0.896. The number of halogens is 1. The molecule has 3 heteroatoms. The maximum Gasteiger partial charge on any atom is 0.133 e. The van der Waals surface area contributed by atoms with Gasteiger partial charge in [0.15, 0.2) is 0 Å². The molecule has 0 bridgehead atoms. The summed E-state index contributed by atoms with van der Waals surface area (Å²) in [6.07, 6.45) is 0. The summed E-state index contributed by atoms with van der Waals surface area (Å²) in [5, 5.41) is 9.90. The zero-order chi connectivity index (χ0) is 13.1. The Morgan fingerprint density at radius 3 is 2.56 bits per heavy atom. The average Bonchev–Trinajstić information content (AvgIpc) is 2.36. The van der Waals surface area contributed by atoms with Crippen LogP contribution < -0.4 is 4.74 Å². The number of aryl methyl sites for hydroxylation is 2. The van der Waals surface area contributed by atoms with E-state index in [4.69, 9.17) is 16.3 Å². The molecule has 18 heavy (non-hydrogen) atoms. The molecule has 0 amide bonds. The van der Waals surface area contributed by atoms with Crippen molar-refractivity contribution in [3.63, 3.8) is 0 Å². The van der Waals surface area contributed by atoms with Gasteiger partial charge in [0.05, 0.1) is 6.61 Å². The largest absolute Gasteiger partial charge is 0.457 e. The third-order valence-electron chi connectivity index (χ3n) is 2.76. The Kier molecular flexibility index (Phi) is 3.90. The van der Waals surface area contributed by atoms with E-state index in [2.05, 4.69) is 0 Å². The van der Waals surface area contributed by atoms with E-state index in [-0.39, 0.29) is 6.61 Å². The number of hydrogen-bond acceptors (Lipinski definition) is 2. The molecule has 0 heterocycles. The highest BCUT2D eigenvalue weighted by molar-refractivity contribution is 6.30. The first-order chi connectivity index (χ1) is 8.60. The number of aliphatic hydroxyl groups excluding tert-OH is 1. The number of aliphatic hydroxyl groups is 1. The van der Waals surface area contributed by atoms with Crippen LogP contribution in [-0.2, 0) is 6.61 Å². The third-order valence-corrected chi connectivity index (χ3v) is 2.99. The molecule has 0 spiro atoms. The molecule has 0 saturated carbocycles. The highest BCUT2D eigenvalue weighted by atomic mass is 35.5. The molecule has 2 aromatic carbocycles. The van der Waals surface area contributed by atoms with Crippen LogP contribution in [0, 0.1) is 13.8 Å². The summed E-state index contributed by atoms with van der Waals surface area (Å²) in [6.45, 7) is 3.91. The van der Waals surface area contributed by atoms with Crippen molar-refractivity contribution in [1.29, 1.82) is 0 Å². The molecule has 2 nitrogen and oxygen atoms in total. The lowest BCUT2D eigenvalue weighted by Gasteiger charge is -2.12. The van der Waals surface area contributed by atoms with Gasteiger partial charge in [-0.25, -0.2) is 0 Å². The molecule has 94 valence electrons. The van der Waals surface area contributed by atoms with Crippen LogP contribution in [0.3, 0.4) is 0 Å². The van der Waals surface area contributed by atoms with E-state index in [0.29, 0.717) is 16.3 Å². The number of rotatable bonds is 3. The van der Waals surface area contributed by atoms with Gasteiger partial charge in [-0.1, -0.05) is 23.7 Å². The molecule has 2 rings (SSSR count). The smallest absolute Gasteiger partial charge is 0.133 e. The Hall–Kier alpha value is -1.51. The maximum atomic E-state index is 9.31. The fourth-order valence-corrected chi connectivity index (χ4v) is 1.90. The van der Waals surface area contributed by atoms with Crippen molar-refractivity contribution >= 4 is 11.6 Å². The van der Waals surface area contributed by atoms with Crippen LogP contribution in [0.4, 0.5) is 0 Å². The summed E-state index contributed by atoms with van der Waals surface area (Å²) in [7, 11) is 0. The first-order valence-corrected chi connectivity index (χ1v) is 6.12. The summed E-state index contributed by atoms with van der Waals surface area (Å²) in [5.41, 5.74) is 2.87. The van der Waals surface area contributed by atoms with Gasteiger partial charge in [-0.2, -0.15) is 0 Å². The predicted octanol–water partition coefficient (Wildman–Crippen LogP) is 4.24. The van der Waals surface area contributed by atoms with Crippen LogP contribution >= 0.6 is 11.6 Å². The van der Waals surface area contributed by atoms with Gasteiger partial charge < -0.3 is 9.84 Å². The second kappa shape index (κ2) is 5.42. The fourth-order valence-electron chi connectivity index (χ4n) is 1.71. The summed E-state index contributed by atoms with van der Waals surface area (Å²) in [5.74, 6) is 1.43. The molecule has 0 aliphatic rings. The average molecular weight is 263 g/mol. The Labute approximate surface area is 112 Å². The lowest BCUT2D eigenvalue weighted by atomic mass is 10.1. The van der Waals surface area contributed by atoms with Crippen molar-refractivity contribution < 1.29 is 9.84 Å². The minimum Gasteiger partial charge on any atom is -0.457 e. The Morgan fingerprint density at radius 2 is 1.83 bits per heavy atom. The normalized spacial score (nSPS) is 10.4. The number of benzene rings is 2. The molecule has 0 aliphatic carbocycles. The molecule has 0 aliphatic heterocycles. The van der Waals surface area contributed by atoms with Gasteiger partial charge in [0.2, 0.25) is 0 Å². The molecule has 0 radical (unpaired) electrons. The summed E-state index contributed by atoms with van der Waals surface area (Å²) in [6, 6.07) is 11.3. The van der Waals surface area contributed by atoms with Crippen LogP contribution in [0.2, 0.25) is 5.02 Å². The standard InChI is InChI=1S/C15H15ClO2/c1-10-3-4-11(2)15(7-10)18-14-6-5-13(16)8-12(14)9-17/h3-8,17H,9H2,1-2H3. The van der Waals surface area contributed by atoms with E-state index in [9.17, 15) is 5.11 Å². The van der Waals surface area contributed by atoms with Crippen LogP contribution in [0.25, 0.3) is 0 Å². The van der Waals surface area contributed by atoms with E-state index >= 15 is 0 Å². The van der Waals surface area contributed by atoms with Crippen molar-refractivity contribution in [1.82, 2.24) is 0 Å². The van der Waals surface area contributed by atoms with Crippen molar-refractivity contribution in [2.24, 2.45) is 0 Å². The minimum absolute atomic E-state index is 0.0965. The minimum atomic E-state index is -0.0965. The van der Waals surface area contributed by atoms with Crippen molar-refractivity contribution in [2.75, 3.05) is 0 Å². The monoisotopic (exact) mass is 262 g/mol. The van der Waals surface area contributed by atoms with Crippen molar-refractivity contribution in [3.05, 3.63) is 58.1 Å². The zero-order valence-corrected chi connectivity index (χ0v) is 11.2. The molecule has 1 N–H and O–H groups in total. The lowest BCUT2D eigenvalue weighted by Crippen LogP contribution is -1.93. The molecule has 2 aromatic rings. The van der Waals surface area contributed by atoms with E-state index in [1.54, 1.807) is 18.2 Å². The summed E-state index contributed by atoms with van der Waals surface area (Å²) >= 11 is 5.89. The molecule has 0 unspecified atom stereocenters. The van der Waals surface area contributed by atoms with Gasteiger partial charge in [-0.15, -0.1) is 0 Å². The Bertz CT molecular complexity index is 564. The lowest BCUT2D eigenvalue weighted by molar-refractivity contribution is 0.276. The molecular formula is C15H15ClO2. The van der Waals surface area contributed by atoms with Gasteiger partial charge in [0, 0.05) is 10.6 Å². The van der Waals surface area contributed by atoms with E-state index in [1.165, 1.54) is 0 Å². The maximum absolute atomic E-state index is 9.31. The molecular weight excluding hydrogens is 248 g/mol. The van der Waals surface area contributed by atoms with Gasteiger partial charge in [-0.3, -0.25) is 0 Å². The number of hydrogen-bond donors (Lipinski definition) is 1. The van der Waals surface area contributed by atoms with Crippen LogP contribution in [0.5, 0.6) is 11.5 Å². The molecule has 0 saturated heterocycles. The Balaban J connectivity index is 2.36. The number of ether oxygens (including phenoxy) is 1. The van der Waals surface area contributed by atoms with Crippen LogP contribution in [0.1, 0.15) is 16.7 Å². The van der Waals surface area contributed by atoms with Crippen molar-refractivity contribution in [2.45, 2.75) is 20.5 Å². The van der Waals surface area contributed by atoms with Crippen LogP contribution in [-0.4, -0.2) is 5.11 Å². The second-order valence-corrected chi connectivity index (χ2v) is 4.72. The molecule has 0 fully saturated rings. The van der Waals surface area contributed by atoms with Gasteiger partial charge in [0.1, 0.15) is 11.5 Å². The summed E-state index contributed by atoms with van der Waals surface area (Å²) < 4.78 is 5.85. The van der Waals surface area contributed by atoms with Gasteiger partial charge in [-0.05, 0) is 49.2 Å². The molecule has 0 aromatic heterocycles. The molecule has 0 atom stereocenters. The van der Waals surface area contributed by atoms with Gasteiger partial charge >= 0.3 is 0 Å². The highest BCUT2D eigenvalue weighted by Gasteiger charge is 2.07. The van der Waals surface area contributed by atoms with E-state index < -0.39 is 0 Å².